The molecule has 8 nitrogen and oxygen atoms in total. The van der Waals surface area contributed by atoms with E-state index < -0.39 is 6.09 Å². The van der Waals surface area contributed by atoms with E-state index in [-0.39, 0.29) is 12.1 Å². The van der Waals surface area contributed by atoms with Crippen LogP contribution in [0.3, 0.4) is 0 Å². The topological polar surface area (TPSA) is 70.9 Å². The SMILES string of the molecule is CC(C)n1cc(OC(=O)N(C)SN(C)C(=O)N(C)C)cn1. The van der Waals surface area contributed by atoms with E-state index in [0.717, 1.165) is 12.1 Å². The molecule has 0 N–H and O–H groups in total. The van der Waals surface area contributed by atoms with E-state index in [4.69, 9.17) is 4.74 Å². The summed E-state index contributed by atoms with van der Waals surface area (Å²) in [4.78, 5) is 25.0. The molecular weight excluding hydrogens is 294 g/mol. The second-order valence-corrected chi connectivity index (χ2v) is 6.13. The van der Waals surface area contributed by atoms with Crippen molar-refractivity contribution in [3.05, 3.63) is 12.4 Å². The van der Waals surface area contributed by atoms with Gasteiger partial charge in [0.1, 0.15) is 0 Å². The first-order valence-corrected chi connectivity index (χ1v) is 7.08. The number of rotatable bonds is 4. The Balaban J connectivity index is 2.56. The highest BCUT2D eigenvalue weighted by atomic mass is 32.2. The van der Waals surface area contributed by atoms with Gasteiger partial charge >= 0.3 is 12.1 Å². The third-order valence-electron chi connectivity index (χ3n) is 2.47. The number of nitrogens with zero attached hydrogens (tertiary/aromatic N) is 5. The molecule has 0 fully saturated rings. The molecule has 1 heterocycles. The van der Waals surface area contributed by atoms with Crippen LogP contribution >= 0.6 is 12.1 Å². The molecule has 0 aromatic carbocycles. The standard InChI is InChI=1S/C12H21N5O3S/c1-9(2)17-8-10(7-13-17)20-12(19)16(6)21-15(5)11(18)14(3)4/h7-9H,1-6H3. The molecule has 3 amide bonds. The van der Waals surface area contributed by atoms with Crippen LogP contribution in [0.1, 0.15) is 19.9 Å². The zero-order valence-corrected chi connectivity index (χ0v) is 13.9. The van der Waals surface area contributed by atoms with Gasteiger partial charge in [-0.2, -0.15) is 5.10 Å². The molecule has 21 heavy (non-hydrogen) atoms. The van der Waals surface area contributed by atoms with E-state index in [1.807, 2.05) is 13.8 Å². The minimum absolute atomic E-state index is 0.188. The van der Waals surface area contributed by atoms with Crippen molar-refractivity contribution in [3.8, 4) is 5.75 Å². The monoisotopic (exact) mass is 315 g/mol. The summed E-state index contributed by atoms with van der Waals surface area (Å²) < 4.78 is 9.43. The van der Waals surface area contributed by atoms with Crippen LogP contribution in [-0.4, -0.2) is 63.6 Å². The van der Waals surface area contributed by atoms with Crippen molar-refractivity contribution in [2.45, 2.75) is 19.9 Å². The van der Waals surface area contributed by atoms with Crippen molar-refractivity contribution in [3.63, 3.8) is 0 Å². The van der Waals surface area contributed by atoms with Gasteiger partial charge in [0, 0.05) is 34.2 Å². The fraction of sp³-hybridized carbons (Fsp3) is 0.583. The maximum Gasteiger partial charge on any atom is 0.426 e. The highest BCUT2D eigenvalue weighted by Gasteiger charge is 2.19. The Bertz CT molecular complexity index is 503. The molecule has 0 bridgehead atoms. The average molecular weight is 315 g/mol. The minimum atomic E-state index is -0.582. The van der Waals surface area contributed by atoms with E-state index in [0.29, 0.717) is 5.75 Å². The Morgan fingerprint density at radius 3 is 2.33 bits per heavy atom. The number of hydrogen-bond acceptors (Lipinski definition) is 5. The molecule has 0 unspecified atom stereocenters. The lowest BCUT2D eigenvalue weighted by molar-refractivity contribution is 0.185. The molecule has 0 spiro atoms. The number of ether oxygens (including phenoxy) is 1. The summed E-state index contributed by atoms with van der Waals surface area (Å²) in [6.45, 7) is 3.95. The first-order valence-electron chi connectivity index (χ1n) is 6.35. The predicted octanol–water partition coefficient (Wildman–Crippen LogP) is 2.07. The van der Waals surface area contributed by atoms with Gasteiger partial charge in [-0.3, -0.25) is 8.99 Å². The van der Waals surface area contributed by atoms with E-state index in [1.165, 1.54) is 26.8 Å². The maximum absolute atomic E-state index is 11.9. The summed E-state index contributed by atoms with van der Waals surface area (Å²) in [5.74, 6) is 0.364. The van der Waals surface area contributed by atoms with E-state index >= 15 is 0 Å². The van der Waals surface area contributed by atoms with Crippen molar-refractivity contribution in [2.75, 3.05) is 28.2 Å². The molecule has 1 aromatic rings. The third kappa shape index (κ3) is 4.85. The van der Waals surface area contributed by atoms with Crippen LogP contribution in [0.15, 0.2) is 12.4 Å². The molecule has 0 aliphatic heterocycles. The number of amides is 3. The largest absolute Gasteiger partial charge is 0.426 e. The number of urea groups is 1. The normalized spacial score (nSPS) is 10.4. The smallest absolute Gasteiger partial charge is 0.406 e. The summed E-state index contributed by atoms with van der Waals surface area (Å²) in [6.07, 6.45) is 2.54. The van der Waals surface area contributed by atoms with Gasteiger partial charge in [-0.1, -0.05) is 0 Å². The van der Waals surface area contributed by atoms with Crippen molar-refractivity contribution >= 4 is 24.3 Å². The number of carbonyl (C=O) groups is 2. The summed E-state index contributed by atoms with van der Waals surface area (Å²) in [7, 11) is 6.38. The van der Waals surface area contributed by atoms with Crippen LogP contribution in [0, 0.1) is 0 Å². The van der Waals surface area contributed by atoms with E-state index in [9.17, 15) is 9.59 Å². The van der Waals surface area contributed by atoms with Crippen molar-refractivity contribution in [1.29, 1.82) is 0 Å². The van der Waals surface area contributed by atoms with Gasteiger partial charge in [0.25, 0.3) is 0 Å². The lowest BCUT2D eigenvalue weighted by Gasteiger charge is -2.24. The number of hydrogen-bond donors (Lipinski definition) is 0. The number of aromatic nitrogens is 2. The van der Waals surface area contributed by atoms with Crippen molar-refractivity contribution in [1.82, 2.24) is 23.3 Å². The second-order valence-electron chi connectivity index (χ2n) is 4.87. The molecule has 0 aliphatic rings. The molecule has 0 saturated carbocycles. The highest BCUT2D eigenvalue weighted by Crippen LogP contribution is 2.18. The van der Waals surface area contributed by atoms with Gasteiger partial charge in [0.05, 0.1) is 24.5 Å². The van der Waals surface area contributed by atoms with Crippen molar-refractivity contribution < 1.29 is 14.3 Å². The zero-order chi connectivity index (χ0) is 16.2. The van der Waals surface area contributed by atoms with Crippen LogP contribution in [0.2, 0.25) is 0 Å². The zero-order valence-electron chi connectivity index (χ0n) is 13.1. The fourth-order valence-electron chi connectivity index (χ4n) is 1.35. The Kier molecular flexibility index (Phi) is 5.89. The summed E-state index contributed by atoms with van der Waals surface area (Å²) in [5.41, 5.74) is 0. The van der Waals surface area contributed by atoms with Gasteiger partial charge in [-0.25, -0.2) is 13.9 Å². The van der Waals surface area contributed by atoms with Crippen LogP contribution in [0.5, 0.6) is 5.75 Å². The summed E-state index contributed by atoms with van der Waals surface area (Å²) in [5, 5.41) is 4.08. The summed E-state index contributed by atoms with van der Waals surface area (Å²) in [6, 6.07) is -0.0410. The van der Waals surface area contributed by atoms with Gasteiger partial charge in [-0.05, 0) is 13.8 Å². The molecular formula is C12H21N5O3S. The third-order valence-corrected chi connectivity index (χ3v) is 3.26. The van der Waals surface area contributed by atoms with Gasteiger partial charge in [0.15, 0.2) is 5.75 Å². The van der Waals surface area contributed by atoms with Crippen LogP contribution in [0.4, 0.5) is 9.59 Å². The summed E-state index contributed by atoms with van der Waals surface area (Å²) >= 11 is 0.950. The van der Waals surface area contributed by atoms with Gasteiger partial charge in [-0.15, -0.1) is 0 Å². The molecule has 0 aliphatic carbocycles. The molecule has 9 heteroatoms. The molecule has 0 atom stereocenters. The van der Waals surface area contributed by atoms with Crippen LogP contribution in [-0.2, 0) is 0 Å². The Morgan fingerprint density at radius 1 is 1.24 bits per heavy atom. The first-order chi connectivity index (χ1) is 9.72. The average Bonchev–Trinajstić information content (AvgIpc) is 2.86. The first kappa shape index (κ1) is 17.2. The predicted molar refractivity (Wildman–Crippen MR) is 80.8 cm³/mol. The quantitative estimate of drug-likeness (QED) is 0.796. The van der Waals surface area contributed by atoms with Crippen LogP contribution in [0.25, 0.3) is 0 Å². The Hall–Kier alpha value is -1.90. The fourth-order valence-corrected chi connectivity index (χ4v) is 2.06. The van der Waals surface area contributed by atoms with E-state index in [2.05, 4.69) is 5.10 Å². The molecule has 0 saturated heterocycles. The Morgan fingerprint density at radius 2 is 1.86 bits per heavy atom. The van der Waals surface area contributed by atoms with Crippen LogP contribution < -0.4 is 4.74 Å². The van der Waals surface area contributed by atoms with Crippen molar-refractivity contribution in [2.24, 2.45) is 0 Å². The lowest BCUT2D eigenvalue weighted by atomic mass is 10.4. The van der Waals surface area contributed by atoms with Gasteiger partial charge in [0.2, 0.25) is 0 Å². The molecule has 1 aromatic heterocycles. The minimum Gasteiger partial charge on any atom is -0.406 e. The molecule has 1 rings (SSSR count). The van der Waals surface area contributed by atoms with Gasteiger partial charge < -0.3 is 9.64 Å². The second kappa shape index (κ2) is 7.21. The highest BCUT2D eigenvalue weighted by molar-refractivity contribution is 7.95. The lowest BCUT2D eigenvalue weighted by Crippen LogP contribution is -2.36. The van der Waals surface area contributed by atoms with E-state index in [1.54, 1.807) is 32.0 Å². The Labute approximate surface area is 128 Å². The maximum atomic E-state index is 11.9. The number of carbonyl (C=O) groups excluding carboxylic acids is 2. The molecule has 0 radical (unpaired) electrons. The molecule has 118 valence electrons.